The SMILES string of the molecule is C[C@@H](OC(=O)c1cccc[n+]1[O-])C(=O)NC(=O)NC12CC3CC(CC(C3)C1)C2. The van der Waals surface area contributed by atoms with Gasteiger partial charge in [0, 0.05) is 17.7 Å². The van der Waals surface area contributed by atoms with Gasteiger partial charge in [-0.25, -0.2) is 9.59 Å². The predicted molar refractivity (Wildman–Crippen MR) is 97.9 cm³/mol. The zero-order chi connectivity index (χ0) is 19.9. The molecule has 8 heteroatoms. The summed E-state index contributed by atoms with van der Waals surface area (Å²) in [4.78, 5) is 36.7. The molecule has 1 atom stereocenters. The third kappa shape index (κ3) is 3.68. The van der Waals surface area contributed by atoms with Crippen LogP contribution in [-0.4, -0.2) is 29.6 Å². The largest absolute Gasteiger partial charge is 0.618 e. The minimum Gasteiger partial charge on any atom is -0.618 e. The number of ether oxygens (including phenoxy) is 1. The molecule has 1 aromatic heterocycles. The van der Waals surface area contributed by atoms with Crippen LogP contribution in [0, 0.1) is 23.0 Å². The van der Waals surface area contributed by atoms with Crippen molar-refractivity contribution in [1.29, 1.82) is 0 Å². The standard InChI is InChI=1S/C20H25N3O5/c1-12(28-18(25)16-4-2-3-5-23(16)27)17(24)21-19(26)22-20-9-13-6-14(10-20)8-15(7-13)11-20/h2-5,12-15H,6-11H2,1H3,(H2,21,22,24,26)/t12-,13?,14?,15?,20?/m1/s1. The maximum atomic E-state index is 12.4. The molecule has 150 valence electrons. The Kier molecular flexibility index (Phi) is 4.72. The molecular formula is C20H25N3O5. The Bertz CT molecular complexity index is 774. The summed E-state index contributed by atoms with van der Waals surface area (Å²) in [6.07, 6.45) is 6.67. The van der Waals surface area contributed by atoms with Gasteiger partial charge >= 0.3 is 17.7 Å². The lowest BCUT2D eigenvalue weighted by Crippen LogP contribution is -2.62. The van der Waals surface area contributed by atoms with E-state index in [1.165, 1.54) is 50.6 Å². The summed E-state index contributed by atoms with van der Waals surface area (Å²) < 4.78 is 5.39. The molecule has 4 bridgehead atoms. The summed E-state index contributed by atoms with van der Waals surface area (Å²) in [6, 6.07) is 3.76. The van der Waals surface area contributed by atoms with E-state index < -0.39 is 24.0 Å². The number of esters is 1. The van der Waals surface area contributed by atoms with Crippen LogP contribution in [0.2, 0.25) is 0 Å². The molecule has 4 aliphatic rings. The van der Waals surface area contributed by atoms with E-state index in [2.05, 4.69) is 10.6 Å². The van der Waals surface area contributed by atoms with E-state index in [9.17, 15) is 19.6 Å². The van der Waals surface area contributed by atoms with Crippen molar-refractivity contribution >= 4 is 17.9 Å². The summed E-state index contributed by atoms with van der Waals surface area (Å²) >= 11 is 0. The second kappa shape index (κ2) is 7.07. The zero-order valence-electron chi connectivity index (χ0n) is 15.8. The Hall–Kier alpha value is -2.64. The highest BCUT2D eigenvalue weighted by molar-refractivity contribution is 5.98. The fraction of sp³-hybridized carbons (Fsp3) is 0.600. The zero-order valence-corrected chi connectivity index (χ0v) is 15.8. The van der Waals surface area contributed by atoms with E-state index in [0.717, 1.165) is 19.3 Å². The maximum Gasteiger partial charge on any atom is 0.405 e. The predicted octanol–water partition coefficient (Wildman–Crippen LogP) is 1.66. The van der Waals surface area contributed by atoms with Crippen LogP contribution in [0.15, 0.2) is 24.4 Å². The lowest BCUT2D eigenvalue weighted by Gasteiger charge is -2.56. The molecule has 4 aliphatic carbocycles. The van der Waals surface area contributed by atoms with Crippen LogP contribution in [0.1, 0.15) is 55.9 Å². The van der Waals surface area contributed by atoms with Gasteiger partial charge in [-0.3, -0.25) is 10.1 Å². The van der Waals surface area contributed by atoms with Crippen molar-refractivity contribution in [3.05, 3.63) is 35.3 Å². The van der Waals surface area contributed by atoms with Crippen molar-refractivity contribution in [2.45, 2.75) is 57.1 Å². The summed E-state index contributed by atoms with van der Waals surface area (Å²) in [5, 5.41) is 16.9. The van der Waals surface area contributed by atoms with Crippen molar-refractivity contribution in [3.8, 4) is 0 Å². The number of nitrogens with zero attached hydrogens (tertiary/aromatic N) is 1. The molecule has 28 heavy (non-hydrogen) atoms. The van der Waals surface area contributed by atoms with Crippen molar-refractivity contribution in [2.75, 3.05) is 0 Å². The van der Waals surface area contributed by atoms with E-state index in [-0.39, 0.29) is 11.2 Å². The van der Waals surface area contributed by atoms with Crippen LogP contribution in [0.25, 0.3) is 0 Å². The van der Waals surface area contributed by atoms with Gasteiger partial charge in [-0.15, -0.1) is 0 Å². The third-order valence-electron chi connectivity index (χ3n) is 6.34. The number of carbonyl (C=O) groups excluding carboxylic acids is 3. The molecule has 0 radical (unpaired) electrons. The lowest BCUT2D eigenvalue weighted by molar-refractivity contribution is -0.608. The summed E-state index contributed by atoms with van der Waals surface area (Å²) in [5.41, 5.74) is -0.433. The Balaban J connectivity index is 1.31. The highest BCUT2D eigenvalue weighted by atomic mass is 16.6. The lowest BCUT2D eigenvalue weighted by atomic mass is 9.53. The van der Waals surface area contributed by atoms with Crippen LogP contribution < -0.4 is 15.4 Å². The second-order valence-corrected chi connectivity index (χ2v) is 8.60. The Morgan fingerprint density at radius 1 is 1.14 bits per heavy atom. The quantitative estimate of drug-likeness (QED) is 0.464. The second-order valence-electron chi connectivity index (χ2n) is 8.60. The van der Waals surface area contributed by atoms with Gasteiger partial charge in [0.1, 0.15) is 0 Å². The first kappa shape index (κ1) is 18.7. The first-order valence-electron chi connectivity index (χ1n) is 9.86. The summed E-state index contributed by atoms with van der Waals surface area (Å²) in [7, 11) is 0. The number of carbonyl (C=O) groups is 3. The number of nitrogens with one attached hydrogen (secondary N) is 2. The van der Waals surface area contributed by atoms with Crippen molar-refractivity contribution in [2.24, 2.45) is 17.8 Å². The summed E-state index contributed by atoms with van der Waals surface area (Å²) in [5.74, 6) is 0.383. The average Bonchev–Trinajstić information content (AvgIpc) is 2.60. The molecule has 4 saturated carbocycles. The number of urea groups is 1. The van der Waals surface area contributed by atoms with Crippen LogP contribution >= 0.6 is 0 Å². The van der Waals surface area contributed by atoms with Gasteiger partial charge in [-0.2, -0.15) is 4.73 Å². The van der Waals surface area contributed by atoms with Crippen molar-refractivity contribution in [3.63, 3.8) is 0 Å². The highest BCUT2D eigenvalue weighted by Gasteiger charge is 2.51. The minimum absolute atomic E-state index is 0.211. The number of hydrogen-bond donors (Lipinski definition) is 2. The summed E-state index contributed by atoms with van der Waals surface area (Å²) in [6.45, 7) is 1.36. The molecule has 1 aromatic rings. The van der Waals surface area contributed by atoms with E-state index in [1.807, 2.05) is 0 Å². The van der Waals surface area contributed by atoms with Gasteiger partial charge in [-0.05, 0) is 69.3 Å². The van der Waals surface area contributed by atoms with Gasteiger partial charge < -0.3 is 15.3 Å². The molecule has 0 unspecified atom stereocenters. The molecule has 8 nitrogen and oxygen atoms in total. The smallest absolute Gasteiger partial charge is 0.405 e. The van der Waals surface area contributed by atoms with Gasteiger partial charge in [0.05, 0.1) is 0 Å². The van der Waals surface area contributed by atoms with Crippen molar-refractivity contribution < 1.29 is 23.9 Å². The number of pyridine rings is 1. The third-order valence-corrected chi connectivity index (χ3v) is 6.34. The number of aromatic nitrogens is 1. The van der Waals surface area contributed by atoms with Gasteiger partial charge in [-0.1, -0.05) is 0 Å². The topological polar surface area (TPSA) is 111 Å². The number of imide groups is 1. The van der Waals surface area contributed by atoms with E-state index in [0.29, 0.717) is 22.5 Å². The molecule has 0 spiro atoms. The molecule has 4 fully saturated rings. The van der Waals surface area contributed by atoms with Crippen LogP contribution in [0.4, 0.5) is 4.79 Å². The first-order chi connectivity index (χ1) is 13.3. The fourth-order valence-corrected chi connectivity index (χ4v) is 5.61. The van der Waals surface area contributed by atoms with E-state index in [1.54, 1.807) is 0 Å². The highest BCUT2D eigenvalue weighted by Crippen LogP contribution is 2.55. The van der Waals surface area contributed by atoms with Crippen LogP contribution in [0.3, 0.4) is 0 Å². The van der Waals surface area contributed by atoms with E-state index in [4.69, 9.17) is 4.74 Å². The van der Waals surface area contributed by atoms with Crippen LogP contribution in [-0.2, 0) is 9.53 Å². The first-order valence-corrected chi connectivity index (χ1v) is 9.86. The number of hydrogen-bond acceptors (Lipinski definition) is 5. The monoisotopic (exact) mass is 387 g/mol. The normalized spacial score (nSPS) is 31.1. The van der Waals surface area contributed by atoms with Gasteiger partial charge in [0.15, 0.2) is 12.3 Å². The van der Waals surface area contributed by atoms with Gasteiger partial charge in [0.2, 0.25) is 0 Å². The van der Waals surface area contributed by atoms with Crippen molar-refractivity contribution in [1.82, 2.24) is 10.6 Å². The average molecular weight is 387 g/mol. The van der Waals surface area contributed by atoms with Crippen LogP contribution in [0.5, 0.6) is 0 Å². The maximum absolute atomic E-state index is 12.4. The molecule has 1 heterocycles. The molecule has 0 aromatic carbocycles. The minimum atomic E-state index is -1.20. The molecular weight excluding hydrogens is 362 g/mol. The molecule has 3 amide bonds. The number of amides is 3. The molecule has 2 N–H and O–H groups in total. The Morgan fingerprint density at radius 3 is 2.32 bits per heavy atom. The fourth-order valence-electron chi connectivity index (χ4n) is 5.61. The Morgan fingerprint density at radius 2 is 1.75 bits per heavy atom. The molecule has 5 rings (SSSR count). The van der Waals surface area contributed by atoms with E-state index >= 15 is 0 Å². The molecule has 0 saturated heterocycles. The Labute approximate surface area is 163 Å². The number of rotatable bonds is 4. The van der Waals surface area contributed by atoms with Gasteiger partial charge in [0.25, 0.3) is 5.91 Å². The molecule has 0 aliphatic heterocycles.